The maximum atomic E-state index is 13.4. The lowest BCUT2D eigenvalue weighted by atomic mass is 10.1. The zero-order chi connectivity index (χ0) is 17.6. The number of hydrogen-bond donors (Lipinski definition) is 1. The van der Waals surface area contributed by atoms with Crippen molar-refractivity contribution in [3.05, 3.63) is 23.4 Å². The molecule has 0 unspecified atom stereocenters. The summed E-state index contributed by atoms with van der Waals surface area (Å²) >= 11 is 0. The maximum absolute atomic E-state index is 13.4. The first-order chi connectivity index (χ1) is 11.5. The minimum atomic E-state index is -4.58. The molecule has 0 saturated carbocycles. The molecule has 1 aliphatic rings. The Morgan fingerprint density at radius 1 is 1.50 bits per heavy atom. The molecule has 132 valence electrons. The van der Waals surface area contributed by atoms with Gasteiger partial charge in [0.15, 0.2) is 0 Å². The summed E-state index contributed by atoms with van der Waals surface area (Å²) in [6.07, 6.45) is -3.29. The van der Waals surface area contributed by atoms with Crippen molar-refractivity contribution in [3.8, 4) is 0 Å². The Bertz CT molecular complexity index is 601. The number of nitrogens with one attached hydrogen (secondary N) is 1. The normalized spacial score (nSPS) is 16.0. The summed E-state index contributed by atoms with van der Waals surface area (Å²) in [5.41, 5.74) is 1.86. The number of hydrogen-bond acceptors (Lipinski definition) is 7. The monoisotopic (exact) mass is 346 g/mol. The molecule has 0 aliphatic carbocycles. The Hall–Kier alpha value is -2.36. The number of rotatable bonds is 6. The maximum Gasteiger partial charge on any atom is 0.419 e. The second-order valence-electron chi connectivity index (χ2n) is 4.88. The van der Waals surface area contributed by atoms with Crippen LogP contribution < -0.4 is 10.3 Å². The summed E-state index contributed by atoms with van der Waals surface area (Å²) in [5, 5.41) is 3.84. The number of aromatic nitrogens is 1. The number of pyridine rings is 1. The third kappa shape index (κ3) is 4.34. The molecule has 2 heterocycles. The Balaban J connectivity index is 2.41. The largest absolute Gasteiger partial charge is 0.461 e. The summed E-state index contributed by atoms with van der Waals surface area (Å²) < 4.78 is 50.1. The van der Waals surface area contributed by atoms with Gasteiger partial charge in [0, 0.05) is 31.9 Å². The van der Waals surface area contributed by atoms with E-state index >= 15 is 0 Å². The fraction of sp³-hybridized carbons (Fsp3) is 0.500. The number of alkyl halides is 3. The van der Waals surface area contributed by atoms with Gasteiger partial charge in [0.1, 0.15) is 18.1 Å². The predicted molar refractivity (Wildman–Crippen MR) is 79.9 cm³/mol. The highest BCUT2D eigenvalue weighted by atomic mass is 19.4. The van der Waals surface area contributed by atoms with Crippen LogP contribution in [0, 0.1) is 0 Å². The number of carbonyl (C=O) groups is 1. The molecule has 24 heavy (non-hydrogen) atoms. The van der Waals surface area contributed by atoms with Gasteiger partial charge in [0.2, 0.25) is 0 Å². The summed E-state index contributed by atoms with van der Waals surface area (Å²) in [7, 11) is 1.49. The minimum Gasteiger partial charge on any atom is -0.461 e. The fourth-order valence-corrected chi connectivity index (χ4v) is 2.28. The highest BCUT2D eigenvalue weighted by Crippen LogP contribution is 2.36. The van der Waals surface area contributed by atoms with Crippen LogP contribution in [0.1, 0.15) is 11.1 Å². The lowest BCUT2D eigenvalue weighted by Crippen LogP contribution is -2.38. The van der Waals surface area contributed by atoms with Crippen molar-refractivity contribution in [2.75, 3.05) is 44.9 Å². The van der Waals surface area contributed by atoms with Gasteiger partial charge in [-0.1, -0.05) is 0 Å². The third-order valence-corrected chi connectivity index (χ3v) is 3.35. The van der Waals surface area contributed by atoms with Crippen molar-refractivity contribution in [3.63, 3.8) is 0 Å². The van der Waals surface area contributed by atoms with Crippen LogP contribution in [0.3, 0.4) is 0 Å². The van der Waals surface area contributed by atoms with Crippen LogP contribution in [-0.4, -0.2) is 57.1 Å². The molecule has 1 saturated heterocycles. The van der Waals surface area contributed by atoms with E-state index in [-0.39, 0.29) is 30.2 Å². The topological polar surface area (TPSA) is 76.1 Å². The van der Waals surface area contributed by atoms with Crippen LogP contribution in [0.15, 0.2) is 17.4 Å². The molecule has 1 aromatic heterocycles. The smallest absolute Gasteiger partial charge is 0.419 e. The number of nitrogens with zero attached hydrogens (tertiary/aromatic N) is 3. The number of carbonyl (C=O) groups excluding carboxylic acids is 1. The lowest BCUT2D eigenvalue weighted by Gasteiger charge is -2.30. The Morgan fingerprint density at radius 2 is 2.21 bits per heavy atom. The van der Waals surface area contributed by atoms with Gasteiger partial charge in [-0.05, 0) is 6.07 Å². The molecule has 0 spiro atoms. The van der Waals surface area contributed by atoms with Crippen LogP contribution in [0.5, 0.6) is 0 Å². The van der Waals surface area contributed by atoms with Crippen molar-refractivity contribution in [1.82, 2.24) is 10.4 Å². The predicted octanol–water partition coefficient (Wildman–Crippen LogP) is 1.03. The van der Waals surface area contributed by atoms with Crippen molar-refractivity contribution >= 4 is 18.0 Å². The van der Waals surface area contributed by atoms with Gasteiger partial charge in [0.05, 0.1) is 18.8 Å². The quantitative estimate of drug-likeness (QED) is 0.471. The van der Waals surface area contributed by atoms with Gasteiger partial charge in [-0.25, -0.2) is 4.98 Å². The van der Waals surface area contributed by atoms with E-state index < -0.39 is 11.7 Å². The molecular formula is C14H17F3N4O3. The number of morpholine rings is 1. The molecule has 1 aliphatic heterocycles. The Morgan fingerprint density at radius 3 is 2.79 bits per heavy atom. The van der Waals surface area contributed by atoms with E-state index in [1.165, 1.54) is 18.1 Å². The van der Waals surface area contributed by atoms with Crippen molar-refractivity contribution in [2.24, 2.45) is 5.10 Å². The molecule has 0 radical (unpaired) electrons. The zero-order valence-corrected chi connectivity index (χ0v) is 13.0. The Kier molecular flexibility index (Phi) is 5.96. The second-order valence-corrected chi connectivity index (χ2v) is 4.88. The highest BCUT2D eigenvalue weighted by Gasteiger charge is 2.37. The first kappa shape index (κ1) is 18.0. The van der Waals surface area contributed by atoms with Crippen LogP contribution >= 0.6 is 0 Å². The van der Waals surface area contributed by atoms with E-state index in [0.717, 1.165) is 6.07 Å². The first-order valence-electron chi connectivity index (χ1n) is 7.16. The lowest BCUT2D eigenvalue weighted by molar-refractivity contribution is -0.137. The van der Waals surface area contributed by atoms with E-state index in [0.29, 0.717) is 26.3 Å². The molecule has 0 aromatic carbocycles. The van der Waals surface area contributed by atoms with E-state index in [4.69, 9.17) is 4.74 Å². The van der Waals surface area contributed by atoms with Gasteiger partial charge in [-0.3, -0.25) is 4.79 Å². The number of halogens is 3. The molecule has 1 aromatic rings. The van der Waals surface area contributed by atoms with Crippen LogP contribution in [0.25, 0.3) is 0 Å². The number of hydrazone groups is 1. The van der Waals surface area contributed by atoms with Crippen LogP contribution in [0.2, 0.25) is 0 Å². The number of ether oxygens (including phenoxy) is 2. The minimum absolute atomic E-state index is 0.121. The molecule has 0 amide bonds. The third-order valence-electron chi connectivity index (χ3n) is 3.35. The molecule has 10 heteroatoms. The molecule has 0 bridgehead atoms. The van der Waals surface area contributed by atoms with Crippen LogP contribution in [-0.2, 0) is 20.4 Å². The van der Waals surface area contributed by atoms with E-state index in [1.54, 1.807) is 0 Å². The van der Waals surface area contributed by atoms with E-state index in [1.807, 2.05) is 0 Å². The first-order valence-corrected chi connectivity index (χ1v) is 7.16. The number of anilines is 1. The van der Waals surface area contributed by atoms with Crippen molar-refractivity contribution in [2.45, 2.75) is 6.18 Å². The highest BCUT2D eigenvalue weighted by molar-refractivity contribution is 6.02. The fourth-order valence-electron chi connectivity index (χ4n) is 2.28. The molecule has 0 atom stereocenters. The Labute approximate surface area is 136 Å². The summed E-state index contributed by atoms with van der Waals surface area (Å²) in [6.45, 7) is 1.30. The van der Waals surface area contributed by atoms with Gasteiger partial charge in [0.25, 0.3) is 6.47 Å². The average Bonchev–Trinajstić information content (AvgIpc) is 2.58. The molecule has 1 fully saturated rings. The van der Waals surface area contributed by atoms with Gasteiger partial charge >= 0.3 is 6.18 Å². The summed E-state index contributed by atoms with van der Waals surface area (Å²) in [5.74, 6) is -0.144. The molecule has 7 nitrogen and oxygen atoms in total. The van der Waals surface area contributed by atoms with E-state index in [2.05, 4.69) is 20.2 Å². The molecule has 2 rings (SSSR count). The SMILES string of the molecule is CN/N=C(\COC=O)c1cnc(N2CCOCC2)c(C(F)(F)F)c1. The zero-order valence-electron chi connectivity index (χ0n) is 13.0. The second kappa shape index (κ2) is 7.95. The summed E-state index contributed by atoms with van der Waals surface area (Å²) in [6, 6.07) is 0.960. The van der Waals surface area contributed by atoms with Crippen molar-refractivity contribution in [1.29, 1.82) is 0 Å². The van der Waals surface area contributed by atoms with E-state index in [9.17, 15) is 18.0 Å². The van der Waals surface area contributed by atoms with Crippen molar-refractivity contribution < 1.29 is 27.4 Å². The van der Waals surface area contributed by atoms with Crippen LogP contribution in [0.4, 0.5) is 19.0 Å². The van der Waals surface area contributed by atoms with Gasteiger partial charge < -0.3 is 19.8 Å². The summed E-state index contributed by atoms with van der Waals surface area (Å²) in [4.78, 5) is 15.8. The van der Waals surface area contributed by atoms with Gasteiger partial charge in [-0.2, -0.15) is 18.3 Å². The van der Waals surface area contributed by atoms with Gasteiger partial charge in [-0.15, -0.1) is 0 Å². The average molecular weight is 346 g/mol. The molecular weight excluding hydrogens is 329 g/mol. The standard InChI is InChI=1S/C14H17F3N4O3/c1-18-20-12(8-24-9-22)10-6-11(14(15,16)17)13(19-7-10)21-2-4-23-5-3-21/h6-7,9,18H,2-5,8H2,1H3/b20-12+. The molecule has 1 N–H and O–H groups in total.